The zero-order valence-electron chi connectivity index (χ0n) is 23.2. The molecule has 0 unspecified atom stereocenters. The molecule has 0 fully saturated rings. The number of rotatable bonds is 10. The van der Waals surface area contributed by atoms with Crippen LogP contribution in [0.2, 0.25) is 0 Å². The number of likely N-dealkylation sites (N-methyl/N-ethyl adjacent to an activating group) is 2. The Morgan fingerprint density at radius 2 is 1.80 bits per heavy atom. The molecule has 0 spiro atoms. The second-order valence-electron chi connectivity index (χ2n) is 10.4. The number of fused-ring (bicyclic) bond motifs is 1. The Hall–Kier alpha value is -1.87. The molecule has 35 heavy (non-hydrogen) atoms. The van der Waals surface area contributed by atoms with Crippen molar-refractivity contribution in [3.05, 3.63) is 24.0 Å². The normalized spacial score (nSPS) is 12.2. The number of halogens is 2. The van der Waals surface area contributed by atoms with Crippen molar-refractivity contribution in [2.75, 3.05) is 31.5 Å². The summed E-state index contributed by atoms with van der Waals surface area (Å²) in [5.41, 5.74) is 3.23. The molecule has 9 heteroatoms. The quantitative estimate of drug-likeness (QED) is 0.368. The Balaban J connectivity index is 0.000000579. The number of amides is 1. The van der Waals surface area contributed by atoms with E-state index in [2.05, 4.69) is 60.1 Å². The molecule has 200 valence electrons. The van der Waals surface area contributed by atoms with E-state index in [1.54, 1.807) is 0 Å². The second kappa shape index (κ2) is 13.4. The molecule has 1 aromatic carbocycles. The highest BCUT2D eigenvalue weighted by molar-refractivity contribution is 7.98. The smallest absolute Gasteiger partial charge is 0.245 e. The van der Waals surface area contributed by atoms with E-state index >= 15 is 0 Å². The van der Waals surface area contributed by atoms with E-state index in [1.807, 2.05) is 39.2 Å². The van der Waals surface area contributed by atoms with E-state index in [0.717, 1.165) is 36.0 Å². The highest BCUT2D eigenvalue weighted by Gasteiger charge is 2.23. The number of alkyl halides is 2. The van der Waals surface area contributed by atoms with Crippen LogP contribution in [0.5, 0.6) is 0 Å². The lowest BCUT2D eigenvalue weighted by molar-refractivity contribution is -0.120. The summed E-state index contributed by atoms with van der Waals surface area (Å²) in [6.07, 6.45) is 0.633. The lowest BCUT2D eigenvalue weighted by Crippen LogP contribution is -2.33. The minimum Gasteiger partial charge on any atom is -0.355 e. The second-order valence-corrected chi connectivity index (χ2v) is 11.8. The first kappa shape index (κ1) is 31.2. The van der Waals surface area contributed by atoms with Gasteiger partial charge in [-0.1, -0.05) is 34.6 Å². The molecule has 1 aromatic heterocycles. The van der Waals surface area contributed by atoms with Gasteiger partial charge < -0.3 is 14.2 Å². The van der Waals surface area contributed by atoms with Gasteiger partial charge in [0.1, 0.15) is 5.82 Å². The third kappa shape index (κ3) is 10.7. The number of imidazole rings is 1. The zero-order valence-corrected chi connectivity index (χ0v) is 24.0. The lowest BCUT2D eigenvalue weighted by Gasteiger charge is -2.23. The molecular formula is C26H45F2N5OS. The summed E-state index contributed by atoms with van der Waals surface area (Å²) in [5, 5.41) is 2.82. The highest BCUT2D eigenvalue weighted by Crippen LogP contribution is 2.30. The van der Waals surface area contributed by atoms with Crippen LogP contribution in [0.25, 0.3) is 11.0 Å². The van der Waals surface area contributed by atoms with E-state index in [9.17, 15) is 13.6 Å². The molecule has 0 radical (unpaired) electrons. The maximum Gasteiger partial charge on any atom is 0.245 e. The van der Waals surface area contributed by atoms with Gasteiger partial charge in [-0.3, -0.25) is 4.79 Å². The van der Waals surface area contributed by atoms with Crippen LogP contribution in [-0.2, 0) is 16.8 Å². The van der Waals surface area contributed by atoms with Crippen molar-refractivity contribution in [1.82, 2.24) is 19.2 Å². The summed E-state index contributed by atoms with van der Waals surface area (Å²) in [5.74, 6) is -0.945. The highest BCUT2D eigenvalue weighted by atomic mass is 32.2. The molecule has 1 heterocycles. The standard InChI is InChI=1S/C19H31N5OS.C7H14F2/c1-8-20-17(25)13-22(6)26-23(7)14-10-11-16-15(12-14)21-18(19(3,4)5)24(16)9-2;1-6(2)4-5-7(3,8)9/h10-12H,8-9,13H2,1-7H3,(H,20,25);6H,4-5H2,1-3H3. The third-order valence-electron chi connectivity index (χ3n) is 5.25. The Morgan fingerprint density at radius 1 is 1.17 bits per heavy atom. The molecule has 0 aliphatic carbocycles. The van der Waals surface area contributed by atoms with Crippen molar-refractivity contribution in [1.29, 1.82) is 0 Å². The van der Waals surface area contributed by atoms with Crippen molar-refractivity contribution >= 4 is 34.8 Å². The molecule has 6 nitrogen and oxygen atoms in total. The molecule has 2 rings (SSSR count). The summed E-state index contributed by atoms with van der Waals surface area (Å²) in [7, 11) is 3.92. The van der Waals surface area contributed by atoms with Gasteiger partial charge in [-0.15, -0.1) is 0 Å². The number of carbonyl (C=O) groups is 1. The van der Waals surface area contributed by atoms with Gasteiger partial charge in [-0.05, 0) is 58.4 Å². The first-order chi connectivity index (χ1) is 16.1. The van der Waals surface area contributed by atoms with Crippen LogP contribution in [0, 0.1) is 5.92 Å². The molecule has 0 atom stereocenters. The van der Waals surface area contributed by atoms with Crippen molar-refractivity contribution in [2.24, 2.45) is 5.92 Å². The molecule has 2 aromatic rings. The SMILES string of the molecule is CC(C)CCC(C)(F)F.CCNC(=O)CN(C)SN(C)c1ccc2c(c1)nc(C(C)(C)C)n2CC. The van der Waals surface area contributed by atoms with Gasteiger partial charge in [-0.25, -0.2) is 18.1 Å². The molecule has 0 aliphatic rings. The van der Waals surface area contributed by atoms with Gasteiger partial charge in [0.2, 0.25) is 11.8 Å². The maximum absolute atomic E-state index is 12.1. The maximum atomic E-state index is 12.1. The van der Waals surface area contributed by atoms with E-state index in [1.165, 1.54) is 12.1 Å². The van der Waals surface area contributed by atoms with Crippen LogP contribution in [0.4, 0.5) is 14.5 Å². The van der Waals surface area contributed by atoms with Crippen molar-refractivity contribution < 1.29 is 13.6 Å². The third-order valence-corrected chi connectivity index (χ3v) is 6.11. The van der Waals surface area contributed by atoms with Gasteiger partial charge in [0.05, 0.1) is 23.3 Å². The Morgan fingerprint density at radius 3 is 2.26 bits per heavy atom. The minimum atomic E-state index is -2.47. The number of hydrogen-bond acceptors (Lipinski definition) is 5. The molecule has 0 bridgehead atoms. The Bertz CT molecular complexity index is 934. The summed E-state index contributed by atoms with van der Waals surface area (Å²) >= 11 is 1.51. The van der Waals surface area contributed by atoms with Crippen LogP contribution < -0.4 is 9.62 Å². The molecular weight excluding hydrogens is 468 g/mol. The average Bonchev–Trinajstić information content (AvgIpc) is 3.10. The summed E-state index contributed by atoms with van der Waals surface area (Å²) in [4.78, 5) is 16.6. The van der Waals surface area contributed by atoms with Crippen molar-refractivity contribution in [3.63, 3.8) is 0 Å². The number of hydrogen-bond donors (Lipinski definition) is 1. The Kier molecular flexibility index (Phi) is 12.0. The minimum absolute atomic E-state index is 0.00268. The predicted octanol–water partition coefficient (Wildman–Crippen LogP) is 6.50. The van der Waals surface area contributed by atoms with Gasteiger partial charge in [0.25, 0.3) is 0 Å². The summed E-state index contributed by atoms with van der Waals surface area (Å²) in [6.45, 7) is 17.4. The number of benzene rings is 1. The number of nitrogens with zero attached hydrogens (tertiary/aromatic N) is 4. The fourth-order valence-electron chi connectivity index (χ4n) is 3.49. The van der Waals surface area contributed by atoms with Crippen LogP contribution in [0.3, 0.4) is 0 Å². The van der Waals surface area contributed by atoms with Crippen LogP contribution in [-0.4, -0.2) is 52.9 Å². The fourth-order valence-corrected chi connectivity index (χ4v) is 4.29. The number of aryl methyl sites for hydroxylation is 1. The molecule has 1 amide bonds. The van der Waals surface area contributed by atoms with E-state index < -0.39 is 5.92 Å². The van der Waals surface area contributed by atoms with Crippen LogP contribution in [0.15, 0.2) is 18.2 Å². The number of aromatic nitrogens is 2. The van der Waals surface area contributed by atoms with Crippen molar-refractivity contribution in [2.45, 2.75) is 86.1 Å². The van der Waals surface area contributed by atoms with E-state index in [0.29, 0.717) is 25.4 Å². The van der Waals surface area contributed by atoms with Crippen LogP contribution >= 0.6 is 12.1 Å². The monoisotopic (exact) mass is 513 g/mol. The summed E-state index contributed by atoms with van der Waals surface area (Å²) < 4.78 is 30.4. The van der Waals surface area contributed by atoms with Crippen LogP contribution in [0.1, 0.15) is 74.1 Å². The number of anilines is 1. The largest absolute Gasteiger partial charge is 0.355 e. The van der Waals surface area contributed by atoms with Gasteiger partial charge in [0, 0.05) is 44.1 Å². The van der Waals surface area contributed by atoms with Gasteiger partial charge in [0.15, 0.2) is 0 Å². The van der Waals surface area contributed by atoms with E-state index in [4.69, 9.17) is 4.98 Å². The lowest BCUT2D eigenvalue weighted by atomic mass is 9.96. The van der Waals surface area contributed by atoms with Crippen molar-refractivity contribution in [3.8, 4) is 0 Å². The van der Waals surface area contributed by atoms with Gasteiger partial charge >= 0.3 is 0 Å². The number of nitrogens with one attached hydrogen (secondary N) is 1. The first-order valence-electron chi connectivity index (χ1n) is 12.4. The topological polar surface area (TPSA) is 53.4 Å². The first-order valence-corrected chi connectivity index (χ1v) is 13.1. The molecule has 1 N–H and O–H groups in total. The number of carbonyl (C=O) groups excluding carboxylic acids is 1. The molecule has 0 saturated heterocycles. The predicted molar refractivity (Wildman–Crippen MR) is 146 cm³/mol. The Labute approximate surface area is 215 Å². The zero-order chi connectivity index (χ0) is 27.0. The fraction of sp³-hybridized carbons (Fsp3) is 0.692. The van der Waals surface area contributed by atoms with Gasteiger partial charge in [-0.2, -0.15) is 0 Å². The molecule has 0 saturated carbocycles. The summed E-state index contributed by atoms with van der Waals surface area (Å²) in [6, 6.07) is 6.36. The average molecular weight is 514 g/mol. The van der Waals surface area contributed by atoms with E-state index in [-0.39, 0.29) is 17.7 Å². The molecule has 0 aliphatic heterocycles.